The number of aromatic nitrogens is 1. The molecule has 7 heteroatoms. The average molecular weight is 254 g/mol. The average Bonchev–Trinajstić information content (AvgIpc) is 2.17. The minimum Gasteiger partial charge on any atom is -0.294 e. The summed E-state index contributed by atoms with van der Waals surface area (Å²) in [5.41, 5.74) is 0.0441. The van der Waals surface area contributed by atoms with Crippen LogP contribution in [0.1, 0.15) is 16.8 Å². The molecule has 0 aromatic carbocycles. The molecule has 0 saturated carbocycles. The molecule has 0 radical (unpaired) electrons. The summed E-state index contributed by atoms with van der Waals surface area (Å²) in [6.45, 7) is 0. The van der Waals surface area contributed by atoms with E-state index >= 15 is 0 Å². The summed E-state index contributed by atoms with van der Waals surface area (Å²) in [6.07, 6.45) is -3.58. The first-order valence-electron chi connectivity index (χ1n) is 3.94. The molecule has 16 heavy (non-hydrogen) atoms. The molecule has 0 aliphatic carbocycles. The van der Waals surface area contributed by atoms with Crippen molar-refractivity contribution in [3.63, 3.8) is 0 Å². The second-order valence-electron chi connectivity index (χ2n) is 2.76. The Hall–Kier alpha value is -1.43. The van der Waals surface area contributed by atoms with Crippen LogP contribution in [0.5, 0.6) is 0 Å². The number of alkyl halides is 3. The maximum Gasteiger partial charge on any atom is 0.450 e. The van der Waals surface area contributed by atoms with Gasteiger partial charge in [-0.05, 0) is 12.1 Å². The number of halogens is 4. The summed E-state index contributed by atoms with van der Waals surface area (Å²) in [5, 5.41) is 0. The zero-order chi connectivity index (χ0) is 11.5. The van der Waals surface area contributed by atoms with Gasteiger partial charge in [-0.15, -0.1) is 12.4 Å². The van der Waals surface area contributed by atoms with Crippen molar-refractivity contribution in [3.05, 3.63) is 30.1 Å². The van der Waals surface area contributed by atoms with E-state index in [0.29, 0.717) is 0 Å². The van der Waals surface area contributed by atoms with Crippen molar-refractivity contribution >= 4 is 24.0 Å². The number of ketones is 2. The van der Waals surface area contributed by atoms with Crippen molar-refractivity contribution in [1.29, 1.82) is 0 Å². The smallest absolute Gasteiger partial charge is 0.294 e. The third kappa shape index (κ3) is 3.98. The summed E-state index contributed by atoms with van der Waals surface area (Å²) in [7, 11) is 0. The zero-order valence-electron chi connectivity index (χ0n) is 7.82. The summed E-state index contributed by atoms with van der Waals surface area (Å²) in [4.78, 5) is 25.2. The van der Waals surface area contributed by atoms with Gasteiger partial charge in [0, 0.05) is 18.0 Å². The molecule has 1 heterocycles. The first-order chi connectivity index (χ1) is 6.91. The Bertz CT molecular complexity index is 378. The van der Waals surface area contributed by atoms with E-state index in [2.05, 4.69) is 4.98 Å². The normalized spacial score (nSPS) is 10.4. The molecule has 0 fully saturated rings. The van der Waals surface area contributed by atoms with E-state index in [1.165, 1.54) is 24.5 Å². The molecular weight excluding hydrogens is 247 g/mol. The van der Waals surface area contributed by atoms with Crippen LogP contribution >= 0.6 is 12.4 Å². The maximum absolute atomic E-state index is 11.8. The molecule has 0 spiro atoms. The van der Waals surface area contributed by atoms with Gasteiger partial charge in [0.25, 0.3) is 0 Å². The molecule has 0 unspecified atom stereocenters. The van der Waals surface area contributed by atoms with Gasteiger partial charge in [-0.25, -0.2) is 0 Å². The van der Waals surface area contributed by atoms with Crippen molar-refractivity contribution < 1.29 is 22.8 Å². The van der Waals surface area contributed by atoms with Crippen molar-refractivity contribution in [2.75, 3.05) is 0 Å². The molecule has 1 aromatic rings. The Morgan fingerprint density at radius 3 is 2.12 bits per heavy atom. The molecule has 0 aliphatic heterocycles. The summed E-state index contributed by atoms with van der Waals surface area (Å²) >= 11 is 0. The predicted octanol–water partition coefficient (Wildman–Crippen LogP) is 2.21. The van der Waals surface area contributed by atoms with Gasteiger partial charge in [-0.3, -0.25) is 14.6 Å². The third-order valence-electron chi connectivity index (χ3n) is 1.64. The molecule has 3 nitrogen and oxygen atoms in total. The lowest BCUT2D eigenvalue weighted by atomic mass is 10.1. The van der Waals surface area contributed by atoms with Crippen LogP contribution in [0.2, 0.25) is 0 Å². The van der Waals surface area contributed by atoms with Crippen molar-refractivity contribution in [3.8, 4) is 0 Å². The molecule has 0 bridgehead atoms. The Labute approximate surface area is 95.1 Å². The first kappa shape index (κ1) is 14.6. The highest BCUT2D eigenvalue weighted by Gasteiger charge is 2.39. The van der Waals surface area contributed by atoms with E-state index in [4.69, 9.17) is 0 Å². The summed E-state index contributed by atoms with van der Waals surface area (Å²) < 4.78 is 35.4. The lowest BCUT2D eigenvalue weighted by Gasteiger charge is -2.03. The number of rotatable bonds is 3. The van der Waals surface area contributed by atoms with E-state index in [9.17, 15) is 22.8 Å². The van der Waals surface area contributed by atoms with Crippen LogP contribution in [0.4, 0.5) is 13.2 Å². The Morgan fingerprint density at radius 2 is 1.69 bits per heavy atom. The van der Waals surface area contributed by atoms with Gasteiger partial charge in [0.15, 0.2) is 5.78 Å². The minimum atomic E-state index is -4.96. The summed E-state index contributed by atoms with van der Waals surface area (Å²) in [6, 6.07) is 2.51. The summed E-state index contributed by atoms with van der Waals surface area (Å²) in [5.74, 6) is -2.90. The van der Waals surface area contributed by atoms with E-state index in [0.717, 1.165) is 0 Å². The van der Waals surface area contributed by atoms with Gasteiger partial charge in [-0.2, -0.15) is 13.2 Å². The van der Waals surface area contributed by atoms with Gasteiger partial charge >= 0.3 is 6.18 Å². The van der Waals surface area contributed by atoms with E-state index in [1.807, 2.05) is 0 Å². The van der Waals surface area contributed by atoms with Gasteiger partial charge in [-0.1, -0.05) is 0 Å². The number of carbonyl (C=O) groups is 2. The predicted molar refractivity (Wildman–Crippen MR) is 51.5 cm³/mol. The lowest BCUT2D eigenvalue weighted by molar-refractivity contribution is -0.170. The molecule has 0 aliphatic rings. The van der Waals surface area contributed by atoms with Crippen LogP contribution in [0.25, 0.3) is 0 Å². The fraction of sp³-hybridized carbons (Fsp3) is 0.222. The maximum atomic E-state index is 11.8. The molecule has 0 saturated heterocycles. The molecule has 0 N–H and O–H groups in total. The quantitative estimate of drug-likeness (QED) is 0.613. The van der Waals surface area contributed by atoms with Crippen LogP contribution < -0.4 is 0 Å². The van der Waals surface area contributed by atoms with Crippen molar-refractivity contribution in [2.24, 2.45) is 0 Å². The second kappa shape index (κ2) is 5.60. The van der Waals surface area contributed by atoms with Gasteiger partial charge in [0.05, 0.1) is 6.42 Å². The number of hydrogen-bond donors (Lipinski definition) is 0. The monoisotopic (exact) mass is 253 g/mol. The second-order valence-corrected chi connectivity index (χ2v) is 2.76. The number of nitrogens with zero attached hydrogens (tertiary/aromatic N) is 1. The topological polar surface area (TPSA) is 47.0 Å². The number of Topliss-reactive ketones (excluding diaryl/α,β-unsaturated/α-hetero) is 2. The minimum absolute atomic E-state index is 0. The number of hydrogen-bond acceptors (Lipinski definition) is 3. The molecular formula is C9H7ClF3NO2. The third-order valence-corrected chi connectivity index (χ3v) is 1.64. The van der Waals surface area contributed by atoms with E-state index in [-0.39, 0.29) is 18.0 Å². The number of carbonyl (C=O) groups excluding carboxylic acids is 2. The lowest BCUT2D eigenvalue weighted by Crippen LogP contribution is -2.25. The molecule has 0 amide bonds. The highest BCUT2D eigenvalue weighted by molar-refractivity contribution is 6.09. The van der Waals surface area contributed by atoms with Crippen LogP contribution in [-0.2, 0) is 4.79 Å². The van der Waals surface area contributed by atoms with Crippen LogP contribution in [0.3, 0.4) is 0 Å². The standard InChI is InChI=1S/C9H6F3NO2.ClH/c10-9(11,12)8(15)5-7(14)6-1-3-13-4-2-6;/h1-4H,5H2;1H. The highest BCUT2D eigenvalue weighted by Crippen LogP contribution is 2.18. The zero-order valence-corrected chi connectivity index (χ0v) is 8.64. The Kier molecular flexibility index (Phi) is 5.10. The Balaban J connectivity index is 0.00000225. The molecule has 88 valence electrons. The SMILES string of the molecule is Cl.O=C(CC(=O)C(F)(F)F)c1ccncc1. The fourth-order valence-corrected chi connectivity index (χ4v) is 0.886. The van der Waals surface area contributed by atoms with Crippen LogP contribution in [0, 0.1) is 0 Å². The van der Waals surface area contributed by atoms with Crippen LogP contribution in [-0.4, -0.2) is 22.7 Å². The first-order valence-corrected chi connectivity index (χ1v) is 3.94. The van der Waals surface area contributed by atoms with Gasteiger partial charge < -0.3 is 0 Å². The van der Waals surface area contributed by atoms with Gasteiger partial charge in [0.1, 0.15) is 0 Å². The van der Waals surface area contributed by atoms with Crippen molar-refractivity contribution in [1.82, 2.24) is 4.98 Å². The largest absolute Gasteiger partial charge is 0.450 e. The Morgan fingerprint density at radius 1 is 1.19 bits per heavy atom. The van der Waals surface area contributed by atoms with Crippen LogP contribution in [0.15, 0.2) is 24.5 Å². The van der Waals surface area contributed by atoms with Crippen molar-refractivity contribution in [2.45, 2.75) is 12.6 Å². The van der Waals surface area contributed by atoms with E-state index < -0.39 is 24.2 Å². The highest BCUT2D eigenvalue weighted by atomic mass is 35.5. The molecule has 1 rings (SSSR count). The molecule has 0 atom stereocenters. The molecule has 1 aromatic heterocycles. The van der Waals surface area contributed by atoms with E-state index in [1.54, 1.807) is 0 Å². The number of pyridine rings is 1. The van der Waals surface area contributed by atoms with Gasteiger partial charge in [0.2, 0.25) is 5.78 Å². The fourth-order valence-electron chi connectivity index (χ4n) is 0.886.